The SMILES string of the molecule is CN(Cc1nc2ccsc2c(=O)[nH]1)C(=O)C1(c2ccc(Br)cc2)CCCC1. The Bertz CT molecular complexity index is 1040. The van der Waals surface area contributed by atoms with Gasteiger partial charge in [-0.25, -0.2) is 4.98 Å². The lowest BCUT2D eigenvalue weighted by Crippen LogP contribution is -2.43. The van der Waals surface area contributed by atoms with Crippen LogP contribution in [0.15, 0.2) is 45.0 Å². The van der Waals surface area contributed by atoms with E-state index in [1.165, 1.54) is 11.3 Å². The van der Waals surface area contributed by atoms with Gasteiger partial charge in [0, 0.05) is 11.5 Å². The van der Waals surface area contributed by atoms with Gasteiger partial charge in [-0.1, -0.05) is 40.9 Å². The number of thiophene rings is 1. The number of aromatic amines is 1. The number of hydrogen-bond donors (Lipinski definition) is 1. The fraction of sp³-hybridized carbons (Fsp3) is 0.350. The second kappa shape index (κ2) is 7.20. The topological polar surface area (TPSA) is 66.1 Å². The van der Waals surface area contributed by atoms with Gasteiger partial charge in [0.2, 0.25) is 5.91 Å². The summed E-state index contributed by atoms with van der Waals surface area (Å²) in [5, 5.41) is 1.85. The predicted molar refractivity (Wildman–Crippen MR) is 111 cm³/mol. The van der Waals surface area contributed by atoms with Gasteiger partial charge < -0.3 is 9.88 Å². The van der Waals surface area contributed by atoms with Crippen LogP contribution in [0, 0.1) is 0 Å². The number of benzene rings is 1. The highest BCUT2D eigenvalue weighted by atomic mass is 79.9. The fourth-order valence-electron chi connectivity index (χ4n) is 4.03. The molecule has 140 valence electrons. The number of carbonyl (C=O) groups is 1. The van der Waals surface area contributed by atoms with Crippen LogP contribution in [0.25, 0.3) is 10.2 Å². The first-order chi connectivity index (χ1) is 13.0. The molecule has 3 aromatic rings. The highest BCUT2D eigenvalue weighted by Crippen LogP contribution is 2.43. The van der Waals surface area contributed by atoms with Crippen molar-refractivity contribution in [2.75, 3.05) is 7.05 Å². The van der Waals surface area contributed by atoms with Gasteiger partial charge >= 0.3 is 0 Å². The van der Waals surface area contributed by atoms with Gasteiger partial charge in [-0.3, -0.25) is 9.59 Å². The lowest BCUT2D eigenvalue weighted by atomic mass is 9.77. The zero-order valence-corrected chi connectivity index (χ0v) is 17.4. The Kier molecular flexibility index (Phi) is 4.90. The molecule has 0 unspecified atom stereocenters. The van der Waals surface area contributed by atoms with E-state index in [-0.39, 0.29) is 18.0 Å². The lowest BCUT2D eigenvalue weighted by Gasteiger charge is -2.32. The van der Waals surface area contributed by atoms with Gasteiger partial charge in [0.25, 0.3) is 5.56 Å². The number of nitrogens with zero attached hydrogens (tertiary/aromatic N) is 2. The molecule has 2 heterocycles. The summed E-state index contributed by atoms with van der Waals surface area (Å²) < 4.78 is 1.63. The van der Waals surface area contributed by atoms with Crippen molar-refractivity contribution in [1.29, 1.82) is 0 Å². The Morgan fingerprint density at radius 1 is 1.26 bits per heavy atom. The maximum Gasteiger partial charge on any atom is 0.268 e. The zero-order valence-electron chi connectivity index (χ0n) is 15.0. The van der Waals surface area contributed by atoms with E-state index >= 15 is 0 Å². The van der Waals surface area contributed by atoms with E-state index in [0.717, 1.165) is 35.7 Å². The van der Waals surface area contributed by atoms with Gasteiger partial charge in [0.1, 0.15) is 10.5 Å². The third kappa shape index (κ3) is 3.34. The Hall–Kier alpha value is -1.99. The summed E-state index contributed by atoms with van der Waals surface area (Å²) in [4.78, 5) is 34.7. The Morgan fingerprint density at radius 3 is 2.67 bits per heavy atom. The summed E-state index contributed by atoms with van der Waals surface area (Å²) >= 11 is 4.84. The van der Waals surface area contributed by atoms with E-state index < -0.39 is 5.41 Å². The average Bonchev–Trinajstić information content (AvgIpc) is 3.32. The van der Waals surface area contributed by atoms with E-state index in [1.807, 2.05) is 35.7 Å². The van der Waals surface area contributed by atoms with Crippen LogP contribution in [0.3, 0.4) is 0 Å². The largest absolute Gasteiger partial charge is 0.338 e. The monoisotopic (exact) mass is 445 g/mol. The molecular formula is C20H20BrN3O2S. The molecule has 1 N–H and O–H groups in total. The quantitative estimate of drug-likeness (QED) is 0.653. The van der Waals surface area contributed by atoms with Gasteiger partial charge in [0.15, 0.2) is 0 Å². The molecule has 0 aliphatic heterocycles. The molecule has 0 radical (unpaired) electrons. The highest BCUT2D eigenvalue weighted by molar-refractivity contribution is 9.10. The standard InChI is InChI=1S/C20H20BrN3O2S/c1-24(12-16-22-15-8-11-27-17(15)18(25)23-16)19(26)20(9-2-3-10-20)13-4-6-14(21)7-5-13/h4-8,11H,2-3,9-10,12H2,1H3,(H,22,23,25). The number of likely N-dealkylation sites (N-methyl/N-ethyl adjacent to an activating group) is 1. The highest BCUT2D eigenvalue weighted by Gasteiger charge is 2.44. The summed E-state index contributed by atoms with van der Waals surface area (Å²) in [6, 6.07) is 9.90. The predicted octanol–water partition coefficient (Wildman–Crippen LogP) is 4.22. The minimum absolute atomic E-state index is 0.0930. The molecule has 4 rings (SSSR count). The van der Waals surface area contributed by atoms with Crippen LogP contribution < -0.4 is 5.56 Å². The smallest absolute Gasteiger partial charge is 0.268 e. The summed E-state index contributed by atoms with van der Waals surface area (Å²) in [6.45, 7) is 0.290. The summed E-state index contributed by atoms with van der Waals surface area (Å²) in [5.41, 5.74) is 1.12. The molecule has 0 bridgehead atoms. The van der Waals surface area contributed by atoms with Crippen LogP contribution in [0.1, 0.15) is 37.1 Å². The summed E-state index contributed by atoms with van der Waals surface area (Å²) in [7, 11) is 1.79. The first-order valence-corrected chi connectivity index (χ1v) is 10.6. The van der Waals surface area contributed by atoms with Crippen LogP contribution in [0.4, 0.5) is 0 Å². The molecule has 1 aliphatic carbocycles. The number of carbonyl (C=O) groups excluding carboxylic acids is 1. The third-order valence-electron chi connectivity index (χ3n) is 5.36. The van der Waals surface area contributed by atoms with Crippen molar-refractivity contribution in [2.45, 2.75) is 37.6 Å². The van der Waals surface area contributed by atoms with Gasteiger partial charge in [-0.2, -0.15) is 0 Å². The first-order valence-electron chi connectivity index (χ1n) is 8.98. The molecular weight excluding hydrogens is 426 g/mol. The second-order valence-electron chi connectivity index (χ2n) is 7.10. The molecule has 2 aromatic heterocycles. The van der Waals surface area contributed by atoms with E-state index in [1.54, 1.807) is 11.9 Å². The van der Waals surface area contributed by atoms with Crippen molar-refractivity contribution in [1.82, 2.24) is 14.9 Å². The molecule has 27 heavy (non-hydrogen) atoms. The summed E-state index contributed by atoms with van der Waals surface area (Å²) in [6.07, 6.45) is 3.80. The van der Waals surface area contributed by atoms with Crippen molar-refractivity contribution in [3.63, 3.8) is 0 Å². The number of aromatic nitrogens is 2. The van der Waals surface area contributed by atoms with Crippen LogP contribution >= 0.6 is 27.3 Å². The minimum Gasteiger partial charge on any atom is -0.338 e. The number of amides is 1. The minimum atomic E-state index is -0.484. The number of hydrogen-bond acceptors (Lipinski definition) is 4. The Balaban J connectivity index is 1.62. The molecule has 0 saturated heterocycles. The fourth-order valence-corrected chi connectivity index (χ4v) is 5.02. The Labute approximate surface area is 169 Å². The van der Waals surface area contributed by atoms with Crippen molar-refractivity contribution in [2.24, 2.45) is 0 Å². The normalized spacial score (nSPS) is 15.9. The van der Waals surface area contributed by atoms with Gasteiger partial charge in [-0.15, -0.1) is 11.3 Å². The van der Waals surface area contributed by atoms with Crippen LogP contribution in [0.5, 0.6) is 0 Å². The maximum atomic E-state index is 13.5. The molecule has 5 nitrogen and oxygen atoms in total. The number of nitrogens with one attached hydrogen (secondary N) is 1. The molecule has 7 heteroatoms. The molecule has 1 fully saturated rings. The van der Waals surface area contributed by atoms with Crippen molar-refractivity contribution < 1.29 is 4.79 Å². The second-order valence-corrected chi connectivity index (χ2v) is 8.94. The number of halogens is 1. The van der Waals surface area contributed by atoms with E-state index in [9.17, 15) is 9.59 Å². The molecule has 0 atom stereocenters. The van der Waals surface area contributed by atoms with Crippen molar-refractivity contribution >= 4 is 43.4 Å². The lowest BCUT2D eigenvalue weighted by molar-refractivity contribution is -0.136. The number of rotatable bonds is 4. The third-order valence-corrected chi connectivity index (χ3v) is 6.79. The van der Waals surface area contributed by atoms with Gasteiger partial charge in [-0.05, 0) is 42.0 Å². The van der Waals surface area contributed by atoms with E-state index in [4.69, 9.17) is 0 Å². The van der Waals surface area contributed by atoms with Crippen molar-refractivity contribution in [3.8, 4) is 0 Å². The average molecular weight is 446 g/mol. The van der Waals surface area contributed by atoms with Crippen LogP contribution in [0.2, 0.25) is 0 Å². The number of fused-ring (bicyclic) bond motifs is 1. The molecule has 1 amide bonds. The molecule has 0 spiro atoms. The maximum absolute atomic E-state index is 13.5. The first kappa shape index (κ1) is 18.4. The Morgan fingerprint density at radius 2 is 1.96 bits per heavy atom. The summed E-state index contributed by atoms with van der Waals surface area (Å²) in [5.74, 6) is 0.612. The molecule has 1 aliphatic rings. The zero-order chi connectivity index (χ0) is 19.0. The van der Waals surface area contributed by atoms with Crippen molar-refractivity contribution in [3.05, 3.63) is 61.9 Å². The van der Waals surface area contributed by atoms with Crippen LogP contribution in [-0.2, 0) is 16.8 Å². The van der Waals surface area contributed by atoms with E-state index in [2.05, 4.69) is 25.9 Å². The van der Waals surface area contributed by atoms with E-state index in [0.29, 0.717) is 16.0 Å². The molecule has 1 saturated carbocycles. The van der Waals surface area contributed by atoms with Crippen LogP contribution in [-0.4, -0.2) is 27.8 Å². The van der Waals surface area contributed by atoms with Gasteiger partial charge in [0.05, 0.1) is 17.5 Å². The number of H-pyrrole nitrogens is 1. The molecule has 1 aromatic carbocycles.